The molecule has 0 rings (SSSR count). The standard InChI is InChI=1S/C8H16O/c1-7(2)5-4-6-8(3)9/h5,8-9H,4,6H2,1-3H3/i8D. The minimum Gasteiger partial charge on any atom is -0.393 e. The zero-order valence-corrected chi connectivity index (χ0v) is 6.44. The Bertz CT molecular complexity index is 118. The highest BCUT2D eigenvalue weighted by atomic mass is 16.3. The van der Waals surface area contributed by atoms with Gasteiger partial charge in [0.1, 0.15) is 0 Å². The van der Waals surface area contributed by atoms with Crippen LogP contribution < -0.4 is 0 Å². The summed E-state index contributed by atoms with van der Waals surface area (Å²) in [5, 5.41) is 8.97. The summed E-state index contributed by atoms with van der Waals surface area (Å²) in [5.74, 6) is 0. The molecule has 54 valence electrons. The van der Waals surface area contributed by atoms with Gasteiger partial charge < -0.3 is 5.11 Å². The second-order valence-corrected chi connectivity index (χ2v) is 2.56. The van der Waals surface area contributed by atoms with Crippen molar-refractivity contribution in [3.05, 3.63) is 11.6 Å². The van der Waals surface area contributed by atoms with Crippen LogP contribution in [0.1, 0.15) is 35.0 Å². The van der Waals surface area contributed by atoms with E-state index in [0.717, 1.165) is 6.42 Å². The van der Waals surface area contributed by atoms with Gasteiger partial charge in [-0.15, -0.1) is 0 Å². The molecule has 1 nitrogen and oxygen atoms in total. The molecule has 0 fully saturated rings. The highest BCUT2D eigenvalue weighted by molar-refractivity contribution is 4.92. The van der Waals surface area contributed by atoms with E-state index in [1.807, 2.05) is 19.9 Å². The molecule has 0 aromatic heterocycles. The largest absolute Gasteiger partial charge is 0.393 e. The molecule has 0 aromatic carbocycles. The molecule has 0 saturated heterocycles. The minimum absolute atomic E-state index is 0.512. The maximum Gasteiger partial charge on any atom is 0.0598 e. The van der Waals surface area contributed by atoms with Gasteiger partial charge in [-0.1, -0.05) is 11.6 Å². The van der Waals surface area contributed by atoms with Gasteiger partial charge in [-0.3, -0.25) is 0 Å². The van der Waals surface area contributed by atoms with E-state index < -0.39 is 6.08 Å². The highest BCUT2D eigenvalue weighted by Crippen LogP contribution is 1.99. The van der Waals surface area contributed by atoms with Crippen LogP contribution in [0.5, 0.6) is 0 Å². The molecular weight excluding hydrogens is 112 g/mol. The molecule has 0 amide bonds. The summed E-state index contributed by atoms with van der Waals surface area (Å²) in [6, 6.07) is 0. The molecule has 1 N–H and O–H groups in total. The summed E-state index contributed by atoms with van der Waals surface area (Å²) >= 11 is 0. The molecule has 1 atom stereocenters. The monoisotopic (exact) mass is 129 g/mol. The topological polar surface area (TPSA) is 20.2 Å². The summed E-state index contributed by atoms with van der Waals surface area (Å²) in [6.45, 7) is 5.53. The van der Waals surface area contributed by atoms with Crippen LogP contribution in [0.25, 0.3) is 0 Å². The third-order valence-electron chi connectivity index (χ3n) is 1.06. The fraction of sp³-hybridized carbons (Fsp3) is 0.750. The lowest BCUT2D eigenvalue weighted by molar-refractivity contribution is 0.186. The van der Waals surface area contributed by atoms with E-state index in [2.05, 4.69) is 0 Å². The first-order valence-electron chi connectivity index (χ1n) is 3.77. The van der Waals surface area contributed by atoms with Gasteiger partial charge in [0.05, 0.1) is 7.45 Å². The average molecular weight is 129 g/mol. The van der Waals surface area contributed by atoms with Crippen LogP contribution in [0.2, 0.25) is 0 Å². The zero-order chi connectivity index (χ0) is 8.20. The third-order valence-corrected chi connectivity index (χ3v) is 1.06. The molecular formula is C8H16O. The van der Waals surface area contributed by atoms with Crippen molar-refractivity contribution in [2.45, 2.75) is 39.7 Å². The maximum absolute atomic E-state index is 8.97. The van der Waals surface area contributed by atoms with Crippen LogP contribution in [-0.4, -0.2) is 11.2 Å². The van der Waals surface area contributed by atoms with E-state index >= 15 is 0 Å². The maximum atomic E-state index is 8.97. The van der Waals surface area contributed by atoms with Gasteiger partial charge in [0.15, 0.2) is 0 Å². The molecule has 0 aromatic rings. The van der Waals surface area contributed by atoms with Gasteiger partial charge in [-0.05, 0) is 33.6 Å². The normalized spacial score (nSPS) is 18.0. The summed E-state index contributed by atoms with van der Waals surface area (Å²) in [6.07, 6.45) is 2.08. The summed E-state index contributed by atoms with van der Waals surface area (Å²) in [5.41, 5.74) is 1.24. The molecule has 0 radical (unpaired) electrons. The lowest BCUT2D eigenvalue weighted by Crippen LogP contribution is -1.96. The van der Waals surface area contributed by atoms with Gasteiger partial charge in [-0.2, -0.15) is 0 Å². The summed E-state index contributed by atoms with van der Waals surface area (Å²) in [7, 11) is 0. The van der Waals surface area contributed by atoms with Crippen molar-refractivity contribution < 1.29 is 6.48 Å². The molecule has 1 heteroatoms. The number of hydrogen-bond acceptors (Lipinski definition) is 1. The van der Waals surface area contributed by atoms with E-state index in [-0.39, 0.29) is 0 Å². The number of hydrogen-bond donors (Lipinski definition) is 1. The molecule has 0 aliphatic heterocycles. The van der Waals surface area contributed by atoms with E-state index in [0.29, 0.717) is 6.42 Å². The van der Waals surface area contributed by atoms with Gasteiger partial charge in [0.2, 0.25) is 0 Å². The molecule has 0 saturated carbocycles. The van der Waals surface area contributed by atoms with Gasteiger partial charge in [0, 0.05) is 0 Å². The number of rotatable bonds is 3. The highest BCUT2D eigenvalue weighted by Gasteiger charge is 1.90. The Morgan fingerprint density at radius 1 is 1.78 bits per heavy atom. The van der Waals surface area contributed by atoms with Crippen molar-refractivity contribution >= 4 is 0 Å². The predicted octanol–water partition coefficient (Wildman–Crippen LogP) is 2.11. The van der Waals surface area contributed by atoms with Crippen LogP contribution in [0.15, 0.2) is 11.6 Å². The van der Waals surface area contributed by atoms with Crippen LogP contribution in [-0.2, 0) is 0 Å². The smallest absolute Gasteiger partial charge is 0.0598 e. The molecule has 0 bridgehead atoms. The Labute approximate surface area is 58.8 Å². The quantitative estimate of drug-likeness (QED) is 0.579. The first kappa shape index (κ1) is 6.81. The SMILES string of the molecule is [2H]C(C)(O)CCC=C(C)C. The van der Waals surface area contributed by atoms with E-state index in [1.54, 1.807) is 0 Å². The third kappa shape index (κ3) is 7.70. The molecule has 1 unspecified atom stereocenters. The Hall–Kier alpha value is -0.300. The predicted molar refractivity (Wildman–Crippen MR) is 40.3 cm³/mol. The Balaban J connectivity index is 3.47. The van der Waals surface area contributed by atoms with E-state index in [1.165, 1.54) is 12.5 Å². The fourth-order valence-electron chi connectivity index (χ4n) is 0.570. The zero-order valence-electron chi connectivity index (χ0n) is 7.44. The molecule has 0 spiro atoms. The second kappa shape index (κ2) is 4.57. The van der Waals surface area contributed by atoms with Gasteiger partial charge in [-0.25, -0.2) is 0 Å². The fourth-order valence-corrected chi connectivity index (χ4v) is 0.570. The minimum atomic E-state index is -1.26. The first-order valence-corrected chi connectivity index (χ1v) is 3.27. The first-order chi connectivity index (χ1) is 4.42. The Morgan fingerprint density at radius 2 is 2.33 bits per heavy atom. The van der Waals surface area contributed by atoms with Crippen molar-refractivity contribution in [1.29, 1.82) is 0 Å². The van der Waals surface area contributed by atoms with Crippen LogP contribution >= 0.6 is 0 Å². The van der Waals surface area contributed by atoms with Gasteiger partial charge in [0.25, 0.3) is 0 Å². The number of aliphatic hydroxyl groups is 1. The summed E-state index contributed by atoms with van der Waals surface area (Å²) < 4.78 is 7.10. The van der Waals surface area contributed by atoms with Crippen molar-refractivity contribution in [2.75, 3.05) is 0 Å². The molecule has 9 heavy (non-hydrogen) atoms. The van der Waals surface area contributed by atoms with Crippen LogP contribution in [0, 0.1) is 0 Å². The molecule has 0 heterocycles. The Kier molecular flexibility index (Phi) is 3.46. The van der Waals surface area contributed by atoms with Crippen molar-refractivity contribution in [1.82, 2.24) is 0 Å². The van der Waals surface area contributed by atoms with Crippen molar-refractivity contribution in [3.63, 3.8) is 0 Å². The molecule has 0 aliphatic carbocycles. The van der Waals surface area contributed by atoms with Crippen LogP contribution in [0.4, 0.5) is 0 Å². The second-order valence-electron chi connectivity index (χ2n) is 2.56. The van der Waals surface area contributed by atoms with Crippen molar-refractivity contribution in [2.24, 2.45) is 0 Å². The summed E-state index contributed by atoms with van der Waals surface area (Å²) in [4.78, 5) is 0. The Morgan fingerprint density at radius 3 is 2.67 bits per heavy atom. The lowest BCUT2D eigenvalue weighted by Gasteiger charge is -1.98. The number of allylic oxidation sites excluding steroid dienone is 2. The van der Waals surface area contributed by atoms with E-state index in [4.69, 9.17) is 6.48 Å². The lowest BCUT2D eigenvalue weighted by atomic mass is 10.2. The van der Waals surface area contributed by atoms with Crippen LogP contribution in [0.3, 0.4) is 0 Å². The van der Waals surface area contributed by atoms with Crippen molar-refractivity contribution in [3.8, 4) is 0 Å². The van der Waals surface area contributed by atoms with E-state index in [9.17, 15) is 0 Å². The average Bonchev–Trinajstić information content (AvgIpc) is 1.59. The molecule has 0 aliphatic rings. The van der Waals surface area contributed by atoms with Gasteiger partial charge >= 0.3 is 0 Å².